The van der Waals surface area contributed by atoms with E-state index in [4.69, 9.17) is 0 Å². The maximum absolute atomic E-state index is 15.3. The van der Waals surface area contributed by atoms with Crippen LogP contribution in [0, 0.1) is 30.2 Å². The number of fused-ring (bicyclic) bond motifs is 1. The molecule has 2 N–H and O–H groups in total. The molecule has 3 heterocycles. The minimum atomic E-state index is -1.16. The van der Waals surface area contributed by atoms with E-state index in [9.17, 15) is 18.0 Å². The Morgan fingerprint density at radius 3 is 2.66 bits per heavy atom. The van der Waals surface area contributed by atoms with E-state index in [1.165, 1.54) is 17.5 Å². The zero-order valence-electron chi connectivity index (χ0n) is 17.8. The van der Waals surface area contributed by atoms with E-state index >= 15 is 4.39 Å². The number of thiazole rings is 1. The summed E-state index contributed by atoms with van der Waals surface area (Å²) in [5, 5.41) is 3.08. The minimum absolute atomic E-state index is 0.0279. The molecule has 0 atom stereocenters. The SMILES string of the molecule is Cc1nc(-c2cnc3[nH]cc(C(=O)c4c(F)ccc(NSc5cc(F)ccc5F)c4F)c3c2)cs1. The fourth-order valence-corrected chi connectivity index (χ4v) is 4.80. The molecule has 5 nitrogen and oxygen atoms in total. The van der Waals surface area contributed by atoms with Crippen molar-refractivity contribution >= 4 is 45.8 Å². The highest BCUT2D eigenvalue weighted by Crippen LogP contribution is 2.32. The highest BCUT2D eigenvalue weighted by atomic mass is 32.2. The first kappa shape index (κ1) is 23.1. The Bertz CT molecular complexity index is 1600. The van der Waals surface area contributed by atoms with Crippen LogP contribution in [0.15, 0.2) is 59.1 Å². The number of ketones is 1. The Hall–Kier alpha value is -3.70. The molecule has 0 spiro atoms. The van der Waals surface area contributed by atoms with Crippen LogP contribution in [0.2, 0.25) is 0 Å². The number of carbonyl (C=O) groups is 1. The van der Waals surface area contributed by atoms with Gasteiger partial charge in [0.1, 0.15) is 23.1 Å². The van der Waals surface area contributed by atoms with Crippen LogP contribution in [-0.4, -0.2) is 20.7 Å². The number of anilines is 1. The fourth-order valence-electron chi connectivity index (χ4n) is 3.47. The van der Waals surface area contributed by atoms with Crippen molar-refractivity contribution < 1.29 is 22.4 Å². The summed E-state index contributed by atoms with van der Waals surface area (Å²) in [5.41, 5.74) is 0.676. The summed E-state index contributed by atoms with van der Waals surface area (Å²) in [4.78, 5) is 24.7. The highest BCUT2D eigenvalue weighted by Gasteiger charge is 2.25. The van der Waals surface area contributed by atoms with Crippen LogP contribution in [0.25, 0.3) is 22.3 Å². The van der Waals surface area contributed by atoms with Gasteiger partial charge in [0.25, 0.3) is 0 Å². The van der Waals surface area contributed by atoms with Crippen molar-refractivity contribution in [1.82, 2.24) is 15.0 Å². The summed E-state index contributed by atoms with van der Waals surface area (Å²) in [6.07, 6.45) is 2.93. The van der Waals surface area contributed by atoms with Crippen molar-refractivity contribution in [2.24, 2.45) is 0 Å². The minimum Gasteiger partial charge on any atom is -0.345 e. The number of benzene rings is 2. The van der Waals surface area contributed by atoms with E-state index in [1.807, 2.05) is 12.3 Å². The van der Waals surface area contributed by atoms with Crippen molar-refractivity contribution in [3.05, 3.63) is 93.6 Å². The molecule has 0 aliphatic rings. The molecule has 3 aromatic heterocycles. The van der Waals surface area contributed by atoms with Crippen LogP contribution >= 0.6 is 23.3 Å². The zero-order chi connectivity index (χ0) is 24.7. The monoisotopic (exact) mass is 514 g/mol. The number of nitrogens with one attached hydrogen (secondary N) is 2. The first-order valence-electron chi connectivity index (χ1n) is 10.1. The molecule has 5 rings (SSSR count). The average molecular weight is 515 g/mol. The van der Waals surface area contributed by atoms with E-state index in [0.717, 1.165) is 35.3 Å². The van der Waals surface area contributed by atoms with Gasteiger partial charge < -0.3 is 9.71 Å². The number of hydrogen-bond acceptors (Lipinski definition) is 6. The van der Waals surface area contributed by atoms with Gasteiger partial charge in [0.2, 0.25) is 5.78 Å². The lowest BCUT2D eigenvalue weighted by atomic mass is 10.0. The molecule has 0 amide bonds. The van der Waals surface area contributed by atoms with Crippen LogP contribution in [-0.2, 0) is 0 Å². The van der Waals surface area contributed by atoms with Gasteiger partial charge in [-0.3, -0.25) is 4.79 Å². The largest absolute Gasteiger partial charge is 0.345 e. The van der Waals surface area contributed by atoms with Crippen molar-refractivity contribution in [3.8, 4) is 11.3 Å². The van der Waals surface area contributed by atoms with Gasteiger partial charge in [-0.1, -0.05) is 0 Å². The number of H-pyrrole nitrogens is 1. The first-order valence-corrected chi connectivity index (χ1v) is 11.8. The number of pyridine rings is 1. The number of carbonyl (C=O) groups excluding carboxylic acids is 1. The van der Waals surface area contributed by atoms with Gasteiger partial charge in [-0.2, -0.15) is 0 Å². The van der Waals surface area contributed by atoms with E-state index < -0.39 is 34.6 Å². The van der Waals surface area contributed by atoms with E-state index in [-0.39, 0.29) is 16.1 Å². The number of nitrogens with zero attached hydrogens (tertiary/aromatic N) is 2. The molecular formula is C24H14F4N4OS2. The first-order chi connectivity index (χ1) is 16.8. The van der Waals surface area contributed by atoms with Crippen LogP contribution in [0.3, 0.4) is 0 Å². The molecule has 176 valence electrons. The fraction of sp³-hybridized carbons (Fsp3) is 0.0417. The maximum atomic E-state index is 15.3. The Morgan fingerprint density at radius 2 is 1.89 bits per heavy atom. The van der Waals surface area contributed by atoms with E-state index in [1.54, 1.807) is 12.3 Å². The third kappa shape index (κ3) is 4.40. The molecule has 0 aliphatic heterocycles. The summed E-state index contributed by atoms with van der Waals surface area (Å²) in [6, 6.07) is 6.50. The topological polar surface area (TPSA) is 70.7 Å². The third-order valence-corrected chi connectivity index (χ3v) is 6.80. The molecule has 0 saturated heterocycles. The maximum Gasteiger partial charge on any atom is 0.201 e. The summed E-state index contributed by atoms with van der Waals surface area (Å²) in [7, 11) is 0. The molecule has 0 bridgehead atoms. The molecule has 2 aromatic carbocycles. The smallest absolute Gasteiger partial charge is 0.201 e. The van der Waals surface area contributed by atoms with Gasteiger partial charge in [0, 0.05) is 34.3 Å². The number of hydrogen-bond donors (Lipinski definition) is 2. The Labute approximate surface area is 204 Å². The van der Waals surface area contributed by atoms with Crippen LogP contribution in [0.1, 0.15) is 20.9 Å². The van der Waals surface area contributed by atoms with Crippen molar-refractivity contribution in [3.63, 3.8) is 0 Å². The number of aryl methyl sites for hydroxylation is 1. The summed E-state index contributed by atoms with van der Waals surface area (Å²) in [5.74, 6) is -4.52. The quantitative estimate of drug-likeness (QED) is 0.147. The zero-order valence-corrected chi connectivity index (χ0v) is 19.5. The average Bonchev–Trinajstić information content (AvgIpc) is 3.46. The molecule has 0 saturated carbocycles. The van der Waals surface area contributed by atoms with E-state index in [2.05, 4.69) is 19.7 Å². The number of rotatable bonds is 6. The van der Waals surface area contributed by atoms with Gasteiger partial charge in [-0.25, -0.2) is 27.5 Å². The summed E-state index contributed by atoms with van der Waals surface area (Å²) >= 11 is 2.05. The van der Waals surface area contributed by atoms with Crippen molar-refractivity contribution in [2.45, 2.75) is 11.8 Å². The van der Waals surface area contributed by atoms with Crippen molar-refractivity contribution in [2.75, 3.05) is 4.72 Å². The molecule has 35 heavy (non-hydrogen) atoms. The number of aromatic amines is 1. The molecular weight excluding hydrogens is 500 g/mol. The standard InChI is InChI=1S/C24H14F4N4OS2/c1-11-31-19(10-34-11)12-6-14-15(9-30-24(14)29-8-12)23(33)21-17(27)4-5-18(22(21)28)32-35-20-7-13(25)2-3-16(20)26/h2-10,32H,1H3,(H,29,30). The summed E-state index contributed by atoms with van der Waals surface area (Å²) < 4.78 is 59.7. The van der Waals surface area contributed by atoms with Crippen molar-refractivity contribution in [1.29, 1.82) is 0 Å². The predicted molar refractivity (Wildman–Crippen MR) is 128 cm³/mol. The van der Waals surface area contributed by atoms with Crippen LogP contribution in [0.5, 0.6) is 0 Å². The van der Waals surface area contributed by atoms with E-state index in [0.29, 0.717) is 34.2 Å². The van der Waals surface area contributed by atoms with Gasteiger partial charge in [-0.05, 0) is 55.3 Å². The van der Waals surface area contributed by atoms with Gasteiger partial charge >= 0.3 is 0 Å². The Morgan fingerprint density at radius 1 is 1.09 bits per heavy atom. The molecule has 0 radical (unpaired) electrons. The second kappa shape index (κ2) is 9.16. The lowest BCUT2D eigenvalue weighted by molar-refractivity contribution is 0.103. The normalized spacial score (nSPS) is 11.2. The van der Waals surface area contributed by atoms with Crippen LogP contribution in [0.4, 0.5) is 23.2 Å². The lowest BCUT2D eigenvalue weighted by Gasteiger charge is -2.11. The second-order valence-corrected chi connectivity index (χ2v) is 9.38. The number of halogens is 4. The second-order valence-electron chi connectivity index (χ2n) is 7.47. The van der Waals surface area contributed by atoms with Gasteiger partial charge in [-0.15, -0.1) is 11.3 Å². The molecule has 0 aliphatic carbocycles. The molecule has 0 fully saturated rings. The highest BCUT2D eigenvalue weighted by molar-refractivity contribution is 8.00. The molecule has 0 unspecified atom stereocenters. The third-order valence-electron chi connectivity index (χ3n) is 5.17. The Balaban J connectivity index is 1.50. The predicted octanol–water partition coefficient (Wildman–Crippen LogP) is 6.90. The van der Waals surface area contributed by atoms with Gasteiger partial charge in [0.05, 0.1) is 26.8 Å². The number of aromatic nitrogens is 3. The van der Waals surface area contributed by atoms with Crippen LogP contribution < -0.4 is 4.72 Å². The summed E-state index contributed by atoms with van der Waals surface area (Å²) in [6.45, 7) is 1.86. The Kier molecular flexibility index (Phi) is 6.03. The lowest BCUT2D eigenvalue weighted by Crippen LogP contribution is -2.09. The van der Waals surface area contributed by atoms with Gasteiger partial charge in [0.15, 0.2) is 5.82 Å². The molecule has 5 aromatic rings. The molecule has 11 heteroatoms.